The van der Waals surface area contributed by atoms with Crippen molar-refractivity contribution in [2.75, 3.05) is 13.1 Å². The highest BCUT2D eigenvalue weighted by atomic mass is 19.2. The van der Waals surface area contributed by atoms with Gasteiger partial charge in [0.05, 0.1) is 13.1 Å². The van der Waals surface area contributed by atoms with Gasteiger partial charge in [-0.15, -0.1) is 0 Å². The van der Waals surface area contributed by atoms with Crippen molar-refractivity contribution >= 4 is 5.69 Å². The second kappa shape index (κ2) is 8.32. The van der Waals surface area contributed by atoms with Crippen LogP contribution in [0.25, 0.3) is 0 Å². The van der Waals surface area contributed by atoms with E-state index in [2.05, 4.69) is 0 Å². The van der Waals surface area contributed by atoms with E-state index in [9.17, 15) is 22.0 Å². The third-order valence-corrected chi connectivity index (χ3v) is 3.45. The Balaban J connectivity index is 3.07. The summed E-state index contributed by atoms with van der Waals surface area (Å²) in [6, 6.07) is 0. The van der Waals surface area contributed by atoms with Gasteiger partial charge in [0.25, 0.3) is 0 Å². The lowest BCUT2D eigenvalue weighted by atomic mass is 10.1. The van der Waals surface area contributed by atoms with Crippen molar-refractivity contribution in [1.29, 1.82) is 0 Å². The van der Waals surface area contributed by atoms with Crippen LogP contribution in [0, 0.1) is 29.1 Å². The Hall–Kier alpha value is -1.17. The molecule has 1 nitrogen and oxygen atoms in total. The third-order valence-electron chi connectivity index (χ3n) is 3.45. The standard InChI is InChI=1S/C15H20F5N/c1-3-5-6-7-9-21(8-4-2)15-13(19)11(17)10(16)12(18)14(15)20/h3-9H2,1-2H3/p+1. The van der Waals surface area contributed by atoms with Gasteiger partial charge >= 0.3 is 0 Å². The summed E-state index contributed by atoms with van der Waals surface area (Å²) in [5, 5.41) is 0. The van der Waals surface area contributed by atoms with Gasteiger partial charge in [-0.2, -0.15) is 8.78 Å². The van der Waals surface area contributed by atoms with Crippen molar-refractivity contribution in [2.45, 2.75) is 46.0 Å². The summed E-state index contributed by atoms with van der Waals surface area (Å²) in [7, 11) is 0. The minimum Gasteiger partial charge on any atom is -0.297 e. The summed E-state index contributed by atoms with van der Waals surface area (Å²) in [6.45, 7) is 4.51. The number of unbranched alkanes of at least 4 members (excludes halogenated alkanes) is 3. The first-order chi connectivity index (χ1) is 9.95. The molecule has 1 unspecified atom stereocenters. The van der Waals surface area contributed by atoms with Crippen LogP contribution in [0.4, 0.5) is 27.6 Å². The maximum atomic E-state index is 13.8. The van der Waals surface area contributed by atoms with E-state index < -0.39 is 34.8 Å². The van der Waals surface area contributed by atoms with Crippen LogP contribution >= 0.6 is 0 Å². The fourth-order valence-electron chi connectivity index (χ4n) is 2.36. The van der Waals surface area contributed by atoms with Crippen LogP contribution in [0.1, 0.15) is 46.0 Å². The number of nitrogens with one attached hydrogen (secondary N) is 1. The highest BCUT2D eigenvalue weighted by Gasteiger charge is 2.32. The maximum Gasteiger partial charge on any atom is 0.225 e. The largest absolute Gasteiger partial charge is 0.297 e. The molecule has 0 heterocycles. The van der Waals surface area contributed by atoms with Gasteiger partial charge in [-0.3, -0.25) is 4.90 Å². The minimum atomic E-state index is -2.10. The molecule has 1 aromatic rings. The van der Waals surface area contributed by atoms with Crippen LogP contribution < -0.4 is 4.90 Å². The van der Waals surface area contributed by atoms with Crippen molar-refractivity contribution in [3.8, 4) is 0 Å². The Kier molecular flexibility index (Phi) is 7.08. The summed E-state index contributed by atoms with van der Waals surface area (Å²) in [5.41, 5.74) is -0.732. The molecule has 1 aromatic carbocycles. The Labute approximate surface area is 121 Å². The molecule has 1 atom stereocenters. The molecular formula is C15H21F5N+. The zero-order chi connectivity index (χ0) is 16.0. The van der Waals surface area contributed by atoms with Crippen LogP contribution in [0.3, 0.4) is 0 Å². The molecule has 0 amide bonds. The lowest BCUT2D eigenvalue weighted by Gasteiger charge is -2.20. The van der Waals surface area contributed by atoms with Gasteiger partial charge in [-0.25, -0.2) is 13.2 Å². The normalized spacial score (nSPS) is 12.7. The first-order valence-electron chi connectivity index (χ1n) is 7.32. The molecule has 0 radical (unpaired) electrons. The first-order valence-corrected chi connectivity index (χ1v) is 7.32. The van der Waals surface area contributed by atoms with Crippen LogP contribution in [0.15, 0.2) is 0 Å². The van der Waals surface area contributed by atoms with Gasteiger partial charge < -0.3 is 0 Å². The number of hydrogen-bond donors (Lipinski definition) is 1. The highest BCUT2D eigenvalue weighted by Crippen LogP contribution is 2.24. The Morgan fingerprint density at radius 2 is 1.14 bits per heavy atom. The molecule has 0 saturated heterocycles. The van der Waals surface area contributed by atoms with Crippen LogP contribution in [-0.2, 0) is 0 Å². The van der Waals surface area contributed by atoms with Gasteiger partial charge in [0, 0.05) is 0 Å². The van der Waals surface area contributed by atoms with E-state index in [1.54, 1.807) is 6.92 Å². The Morgan fingerprint density at radius 3 is 1.62 bits per heavy atom. The molecule has 1 N–H and O–H groups in total. The number of quaternary nitrogens is 1. The minimum absolute atomic E-state index is 0.307. The smallest absolute Gasteiger partial charge is 0.225 e. The van der Waals surface area contributed by atoms with Gasteiger partial charge in [-0.05, 0) is 19.3 Å². The molecule has 0 bridgehead atoms. The average molecular weight is 310 g/mol. The van der Waals surface area contributed by atoms with E-state index in [4.69, 9.17) is 0 Å². The van der Waals surface area contributed by atoms with Crippen molar-refractivity contribution in [2.24, 2.45) is 0 Å². The van der Waals surface area contributed by atoms with Crippen molar-refractivity contribution in [1.82, 2.24) is 0 Å². The fourth-order valence-corrected chi connectivity index (χ4v) is 2.36. The summed E-state index contributed by atoms with van der Waals surface area (Å²) in [5.74, 6) is -9.27. The lowest BCUT2D eigenvalue weighted by Crippen LogP contribution is -3.07. The average Bonchev–Trinajstić information content (AvgIpc) is 2.47. The summed E-state index contributed by atoms with van der Waals surface area (Å²) < 4.78 is 67.2. The predicted molar refractivity (Wildman–Crippen MR) is 71.0 cm³/mol. The van der Waals surface area contributed by atoms with Crippen LogP contribution in [0.2, 0.25) is 0 Å². The molecule has 0 spiro atoms. The molecule has 0 fully saturated rings. The molecule has 0 saturated carbocycles. The van der Waals surface area contributed by atoms with E-state index in [0.29, 0.717) is 30.8 Å². The Bertz CT molecular complexity index is 447. The number of hydrogen-bond acceptors (Lipinski definition) is 0. The van der Waals surface area contributed by atoms with E-state index in [-0.39, 0.29) is 0 Å². The Morgan fingerprint density at radius 1 is 0.619 bits per heavy atom. The molecule has 0 aliphatic carbocycles. The molecule has 0 aromatic heterocycles. The molecule has 120 valence electrons. The number of rotatable bonds is 8. The summed E-state index contributed by atoms with van der Waals surface area (Å²) >= 11 is 0. The van der Waals surface area contributed by atoms with Crippen molar-refractivity contribution in [3.63, 3.8) is 0 Å². The van der Waals surface area contributed by atoms with E-state index in [1.807, 2.05) is 6.92 Å². The van der Waals surface area contributed by atoms with Crippen molar-refractivity contribution in [3.05, 3.63) is 29.1 Å². The maximum absolute atomic E-state index is 13.8. The van der Waals surface area contributed by atoms with E-state index >= 15 is 0 Å². The quantitative estimate of drug-likeness (QED) is 0.322. The molecule has 0 aliphatic rings. The van der Waals surface area contributed by atoms with Gasteiger partial charge in [0.15, 0.2) is 0 Å². The summed E-state index contributed by atoms with van der Waals surface area (Å²) in [4.78, 5) is 0.307. The van der Waals surface area contributed by atoms with Gasteiger partial charge in [0.2, 0.25) is 34.8 Å². The summed E-state index contributed by atoms with van der Waals surface area (Å²) in [6.07, 6.45) is 4.13. The monoisotopic (exact) mass is 310 g/mol. The number of halogens is 5. The molecule has 6 heteroatoms. The molecule has 1 rings (SSSR count). The zero-order valence-corrected chi connectivity index (χ0v) is 12.3. The van der Waals surface area contributed by atoms with Crippen LogP contribution in [-0.4, -0.2) is 13.1 Å². The van der Waals surface area contributed by atoms with Crippen molar-refractivity contribution < 1.29 is 26.9 Å². The van der Waals surface area contributed by atoms with E-state index in [1.165, 1.54) is 0 Å². The zero-order valence-electron chi connectivity index (χ0n) is 12.3. The highest BCUT2D eigenvalue weighted by molar-refractivity contribution is 5.35. The third kappa shape index (κ3) is 4.15. The lowest BCUT2D eigenvalue weighted by molar-refractivity contribution is -0.835. The second-order valence-electron chi connectivity index (χ2n) is 5.11. The molecular weight excluding hydrogens is 289 g/mol. The number of benzene rings is 1. The van der Waals surface area contributed by atoms with Gasteiger partial charge in [-0.1, -0.05) is 26.7 Å². The first kappa shape index (κ1) is 17.9. The SMILES string of the molecule is CCCCCC[NH+](CCC)c1c(F)c(F)c(F)c(F)c1F. The predicted octanol–water partition coefficient (Wildman–Crippen LogP) is 3.89. The molecule has 21 heavy (non-hydrogen) atoms. The van der Waals surface area contributed by atoms with Crippen LogP contribution in [0.5, 0.6) is 0 Å². The second-order valence-corrected chi connectivity index (χ2v) is 5.11. The van der Waals surface area contributed by atoms with Gasteiger partial charge in [0.1, 0.15) is 0 Å². The fraction of sp³-hybridized carbons (Fsp3) is 0.600. The van der Waals surface area contributed by atoms with E-state index in [0.717, 1.165) is 19.3 Å². The topological polar surface area (TPSA) is 4.44 Å². The molecule has 0 aliphatic heterocycles.